The second kappa shape index (κ2) is 10.2. The van der Waals surface area contributed by atoms with E-state index in [2.05, 4.69) is 5.32 Å². The van der Waals surface area contributed by atoms with Crippen LogP contribution in [-0.2, 0) is 16.6 Å². The number of sulfonamides is 1. The van der Waals surface area contributed by atoms with Gasteiger partial charge in [0.1, 0.15) is 11.6 Å². The van der Waals surface area contributed by atoms with Gasteiger partial charge in [-0.25, -0.2) is 12.8 Å². The molecule has 1 N–H and O–H groups in total. The van der Waals surface area contributed by atoms with Gasteiger partial charge in [0.25, 0.3) is 5.91 Å². The number of hydrogen-bond donors (Lipinski definition) is 1. The minimum absolute atomic E-state index is 0.0458. The molecular weight excluding hydrogens is 395 g/mol. The predicted octanol–water partition coefficient (Wildman–Crippen LogP) is 3.72. The Morgan fingerprint density at radius 3 is 2.41 bits per heavy atom. The van der Waals surface area contributed by atoms with E-state index in [1.165, 1.54) is 24.3 Å². The maximum absolute atomic E-state index is 13.3. The van der Waals surface area contributed by atoms with E-state index in [4.69, 9.17) is 4.74 Å². The molecule has 0 spiro atoms. The summed E-state index contributed by atoms with van der Waals surface area (Å²) in [5, 5.41) is 2.85. The van der Waals surface area contributed by atoms with Crippen LogP contribution in [0.25, 0.3) is 0 Å². The van der Waals surface area contributed by atoms with Crippen LogP contribution in [0, 0.1) is 5.82 Å². The second-order valence-corrected chi connectivity index (χ2v) is 8.52. The molecule has 8 heteroatoms. The summed E-state index contributed by atoms with van der Waals surface area (Å²) in [6.07, 6.45) is 2.93. The Hall–Kier alpha value is -2.61. The number of nitrogens with zero attached hydrogens (tertiary/aromatic N) is 1. The van der Waals surface area contributed by atoms with E-state index < -0.39 is 15.8 Å². The van der Waals surface area contributed by atoms with Gasteiger partial charge in [0.05, 0.1) is 25.1 Å². The highest BCUT2D eigenvalue weighted by molar-refractivity contribution is 7.92. The summed E-state index contributed by atoms with van der Waals surface area (Å²) in [6.45, 7) is 4.78. The minimum Gasteiger partial charge on any atom is -0.494 e. The number of hydrogen-bond acceptors (Lipinski definition) is 4. The van der Waals surface area contributed by atoms with Gasteiger partial charge in [0.2, 0.25) is 10.0 Å². The van der Waals surface area contributed by atoms with Gasteiger partial charge in [0.15, 0.2) is 0 Å². The number of carbonyl (C=O) groups is 1. The van der Waals surface area contributed by atoms with Gasteiger partial charge < -0.3 is 10.1 Å². The molecule has 0 saturated heterocycles. The number of benzene rings is 2. The van der Waals surface area contributed by atoms with Crippen LogP contribution < -0.4 is 14.4 Å². The molecule has 0 unspecified atom stereocenters. The summed E-state index contributed by atoms with van der Waals surface area (Å²) in [6, 6.07) is 10.2. The third-order valence-electron chi connectivity index (χ3n) is 4.27. The van der Waals surface area contributed by atoms with Crippen LogP contribution in [-0.4, -0.2) is 33.7 Å². The Morgan fingerprint density at radius 1 is 1.14 bits per heavy atom. The number of unbranched alkanes of at least 4 members (excludes halogenated alkanes) is 1. The van der Waals surface area contributed by atoms with Gasteiger partial charge in [-0.05, 0) is 55.8 Å². The lowest BCUT2D eigenvalue weighted by atomic mass is 10.1. The van der Waals surface area contributed by atoms with Crippen molar-refractivity contribution < 1.29 is 22.3 Å². The van der Waals surface area contributed by atoms with E-state index in [9.17, 15) is 17.6 Å². The summed E-state index contributed by atoms with van der Waals surface area (Å²) in [5.74, 6) is -0.188. The Labute approximate surface area is 171 Å². The Balaban J connectivity index is 2.39. The summed E-state index contributed by atoms with van der Waals surface area (Å²) < 4.78 is 44.8. The molecular formula is C21H27FN2O4S. The largest absolute Gasteiger partial charge is 0.494 e. The maximum Gasteiger partial charge on any atom is 0.251 e. The molecule has 0 aromatic heterocycles. The van der Waals surface area contributed by atoms with E-state index in [1.807, 2.05) is 13.8 Å². The first-order valence-electron chi connectivity index (χ1n) is 9.53. The zero-order valence-electron chi connectivity index (χ0n) is 16.9. The van der Waals surface area contributed by atoms with Gasteiger partial charge in [-0.3, -0.25) is 9.10 Å². The highest BCUT2D eigenvalue weighted by atomic mass is 32.2. The van der Waals surface area contributed by atoms with Gasteiger partial charge in [-0.2, -0.15) is 0 Å². The van der Waals surface area contributed by atoms with Crippen LogP contribution in [0.15, 0.2) is 42.5 Å². The number of amides is 1. The quantitative estimate of drug-likeness (QED) is 0.592. The van der Waals surface area contributed by atoms with Crippen LogP contribution in [0.2, 0.25) is 0 Å². The highest BCUT2D eigenvalue weighted by Crippen LogP contribution is 2.27. The Kier molecular flexibility index (Phi) is 8.01. The molecule has 0 bridgehead atoms. The average molecular weight is 423 g/mol. The SMILES string of the molecule is CCCCNC(=O)c1ccc(OCC)c(CN(c2ccc(F)cc2)S(C)(=O)=O)c1. The topological polar surface area (TPSA) is 75.7 Å². The molecule has 0 aliphatic carbocycles. The molecule has 158 valence electrons. The molecule has 0 heterocycles. The van der Waals surface area contributed by atoms with Crippen molar-refractivity contribution in [2.45, 2.75) is 33.2 Å². The van der Waals surface area contributed by atoms with Crippen LogP contribution in [0.1, 0.15) is 42.6 Å². The molecule has 0 atom stereocenters. The summed E-state index contributed by atoms with van der Waals surface area (Å²) in [4.78, 5) is 12.4. The van der Waals surface area contributed by atoms with Crippen molar-refractivity contribution >= 4 is 21.6 Å². The predicted molar refractivity (Wildman–Crippen MR) is 112 cm³/mol. The van der Waals surface area contributed by atoms with Crippen molar-refractivity contribution in [2.24, 2.45) is 0 Å². The van der Waals surface area contributed by atoms with Crippen LogP contribution >= 0.6 is 0 Å². The van der Waals surface area contributed by atoms with E-state index in [0.29, 0.717) is 35.7 Å². The summed E-state index contributed by atoms with van der Waals surface area (Å²) in [7, 11) is -3.66. The number of anilines is 1. The number of nitrogens with one attached hydrogen (secondary N) is 1. The minimum atomic E-state index is -3.66. The first-order chi connectivity index (χ1) is 13.8. The lowest BCUT2D eigenvalue weighted by Crippen LogP contribution is -2.30. The van der Waals surface area contributed by atoms with E-state index in [0.717, 1.165) is 23.4 Å². The van der Waals surface area contributed by atoms with Crippen LogP contribution in [0.4, 0.5) is 10.1 Å². The van der Waals surface area contributed by atoms with Crippen LogP contribution in [0.5, 0.6) is 5.75 Å². The molecule has 0 aliphatic rings. The first-order valence-corrected chi connectivity index (χ1v) is 11.4. The lowest BCUT2D eigenvalue weighted by Gasteiger charge is -2.24. The van der Waals surface area contributed by atoms with Crippen LogP contribution in [0.3, 0.4) is 0 Å². The number of halogens is 1. The molecule has 2 aromatic rings. The molecule has 0 fully saturated rings. The lowest BCUT2D eigenvalue weighted by molar-refractivity contribution is 0.0953. The maximum atomic E-state index is 13.3. The fourth-order valence-corrected chi connectivity index (χ4v) is 3.66. The van der Waals surface area contributed by atoms with Gasteiger partial charge in [-0.15, -0.1) is 0 Å². The Bertz CT molecular complexity index is 930. The Morgan fingerprint density at radius 2 is 1.83 bits per heavy atom. The number of rotatable bonds is 10. The first kappa shape index (κ1) is 22.7. The highest BCUT2D eigenvalue weighted by Gasteiger charge is 2.21. The normalized spacial score (nSPS) is 11.2. The molecule has 0 saturated carbocycles. The molecule has 6 nitrogen and oxygen atoms in total. The smallest absolute Gasteiger partial charge is 0.251 e. The van der Waals surface area contributed by atoms with Gasteiger partial charge in [-0.1, -0.05) is 13.3 Å². The summed E-state index contributed by atoms with van der Waals surface area (Å²) >= 11 is 0. The van der Waals surface area contributed by atoms with Crippen molar-refractivity contribution in [3.05, 3.63) is 59.4 Å². The third kappa shape index (κ3) is 6.45. The molecule has 0 radical (unpaired) electrons. The van der Waals surface area contributed by atoms with E-state index in [1.54, 1.807) is 18.2 Å². The van der Waals surface area contributed by atoms with Gasteiger partial charge in [0, 0.05) is 17.7 Å². The van der Waals surface area contributed by atoms with Crippen molar-refractivity contribution in [1.82, 2.24) is 5.32 Å². The molecule has 0 aliphatic heterocycles. The van der Waals surface area contributed by atoms with E-state index >= 15 is 0 Å². The monoisotopic (exact) mass is 422 g/mol. The van der Waals surface area contributed by atoms with Crippen molar-refractivity contribution in [3.63, 3.8) is 0 Å². The van der Waals surface area contributed by atoms with Gasteiger partial charge >= 0.3 is 0 Å². The fourth-order valence-electron chi connectivity index (χ4n) is 2.78. The zero-order valence-corrected chi connectivity index (χ0v) is 17.8. The number of carbonyl (C=O) groups excluding carboxylic acids is 1. The molecule has 2 rings (SSSR count). The average Bonchev–Trinajstić information content (AvgIpc) is 2.67. The molecule has 2 aromatic carbocycles. The standard InChI is InChI=1S/C21H27FN2O4S/c1-4-6-13-23-21(25)16-7-12-20(28-5-2)17(14-16)15-24(29(3,26)27)19-10-8-18(22)9-11-19/h7-12,14H,4-6,13,15H2,1-3H3,(H,23,25). The van der Waals surface area contributed by atoms with Crippen molar-refractivity contribution in [1.29, 1.82) is 0 Å². The third-order valence-corrected chi connectivity index (χ3v) is 5.41. The fraction of sp³-hybridized carbons (Fsp3) is 0.381. The summed E-state index contributed by atoms with van der Waals surface area (Å²) in [5.41, 5.74) is 1.30. The van der Waals surface area contributed by atoms with Crippen molar-refractivity contribution in [2.75, 3.05) is 23.7 Å². The second-order valence-electron chi connectivity index (χ2n) is 6.61. The molecule has 1 amide bonds. The van der Waals surface area contributed by atoms with E-state index in [-0.39, 0.29) is 12.5 Å². The number of ether oxygens (including phenoxy) is 1. The van der Waals surface area contributed by atoms with Crippen molar-refractivity contribution in [3.8, 4) is 5.75 Å². The molecule has 29 heavy (non-hydrogen) atoms. The zero-order chi connectivity index (χ0) is 21.4.